The van der Waals surface area contributed by atoms with Crippen LogP contribution in [0.15, 0.2) is 42.5 Å². The van der Waals surface area contributed by atoms with Gasteiger partial charge in [-0.3, -0.25) is 4.90 Å². The first-order valence-electron chi connectivity index (χ1n) is 10.9. The fourth-order valence-electron chi connectivity index (χ4n) is 4.26. The molecule has 162 valence electrons. The number of hydrogen-bond donors (Lipinski definition) is 3. The third-order valence-corrected chi connectivity index (χ3v) is 5.74. The summed E-state index contributed by atoms with van der Waals surface area (Å²) in [7, 11) is 0. The van der Waals surface area contributed by atoms with E-state index in [1.165, 1.54) is 11.1 Å². The number of rotatable bonds is 6. The van der Waals surface area contributed by atoms with Gasteiger partial charge in [0, 0.05) is 31.4 Å². The summed E-state index contributed by atoms with van der Waals surface area (Å²) < 4.78 is 0. The van der Waals surface area contributed by atoms with E-state index in [1.54, 1.807) is 0 Å². The van der Waals surface area contributed by atoms with Crippen LogP contribution in [-0.4, -0.2) is 39.0 Å². The van der Waals surface area contributed by atoms with Crippen LogP contribution in [0.2, 0.25) is 0 Å². The summed E-state index contributed by atoms with van der Waals surface area (Å²) in [5.41, 5.74) is 11.9. The molecule has 0 aliphatic carbocycles. The Labute approximate surface area is 184 Å². The second-order valence-corrected chi connectivity index (χ2v) is 8.42. The molecule has 1 aromatic heterocycles. The highest BCUT2D eigenvalue weighted by molar-refractivity contribution is 5.64. The standard InChI is InChI=1S/C24H31N7/c1-16-13-17(2)21(18(3)14-16)27-24-29-22(25)28-23(30-24)26-20-9-11-31(12-10-20)15-19-7-5-4-6-8-19/h4-8,13-14,20H,9-12,15H2,1-3H3,(H4,25,26,27,28,29,30). The number of benzene rings is 2. The van der Waals surface area contributed by atoms with Gasteiger partial charge in [-0.15, -0.1) is 0 Å². The Morgan fingerprint density at radius 2 is 1.58 bits per heavy atom. The maximum absolute atomic E-state index is 5.98. The van der Waals surface area contributed by atoms with Crippen molar-refractivity contribution >= 4 is 23.5 Å². The summed E-state index contributed by atoms with van der Waals surface area (Å²) in [5, 5.41) is 6.79. The molecule has 4 rings (SSSR count). The van der Waals surface area contributed by atoms with Gasteiger partial charge in [-0.1, -0.05) is 48.0 Å². The molecule has 31 heavy (non-hydrogen) atoms. The Morgan fingerprint density at radius 3 is 2.26 bits per heavy atom. The lowest BCUT2D eigenvalue weighted by molar-refractivity contribution is 0.211. The van der Waals surface area contributed by atoms with E-state index in [2.05, 4.69) is 93.7 Å². The average Bonchev–Trinajstić information content (AvgIpc) is 2.72. The molecule has 2 heterocycles. The number of likely N-dealkylation sites (tertiary alicyclic amines) is 1. The molecule has 1 aliphatic heterocycles. The summed E-state index contributed by atoms with van der Waals surface area (Å²) in [5.74, 6) is 1.20. The molecule has 2 aromatic carbocycles. The molecule has 7 nitrogen and oxygen atoms in total. The third kappa shape index (κ3) is 5.49. The van der Waals surface area contributed by atoms with Crippen LogP contribution in [0, 0.1) is 20.8 Å². The molecule has 3 aromatic rings. The van der Waals surface area contributed by atoms with E-state index in [0.717, 1.165) is 49.3 Å². The maximum Gasteiger partial charge on any atom is 0.233 e. The van der Waals surface area contributed by atoms with E-state index < -0.39 is 0 Å². The van der Waals surface area contributed by atoms with Crippen molar-refractivity contribution in [3.05, 3.63) is 64.7 Å². The Kier molecular flexibility index (Phi) is 6.32. The van der Waals surface area contributed by atoms with Crippen molar-refractivity contribution in [3.8, 4) is 0 Å². The van der Waals surface area contributed by atoms with Gasteiger partial charge in [0.2, 0.25) is 17.8 Å². The van der Waals surface area contributed by atoms with E-state index in [4.69, 9.17) is 5.73 Å². The van der Waals surface area contributed by atoms with Gasteiger partial charge in [0.15, 0.2) is 0 Å². The van der Waals surface area contributed by atoms with Crippen LogP contribution in [0.1, 0.15) is 35.1 Å². The second-order valence-electron chi connectivity index (χ2n) is 8.42. The molecule has 0 bridgehead atoms. The molecule has 1 aliphatic rings. The van der Waals surface area contributed by atoms with Crippen LogP contribution in [0.4, 0.5) is 23.5 Å². The zero-order valence-corrected chi connectivity index (χ0v) is 18.5. The van der Waals surface area contributed by atoms with Crippen molar-refractivity contribution in [2.45, 2.75) is 46.2 Å². The van der Waals surface area contributed by atoms with E-state index in [1.807, 2.05) is 0 Å². The van der Waals surface area contributed by atoms with Crippen molar-refractivity contribution in [2.75, 3.05) is 29.5 Å². The molecule has 0 spiro atoms. The number of nitrogens with two attached hydrogens (primary N) is 1. The number of anilines is 4. The van der Waals surface area contributed by atoms with Gasteiger partial charge in [-0.05, 0) is 50.3 Å². The number of hydrogen-bond acceptors (Lipinski definition) is 7. The molecule has 0 unspecified atom stereocenters. The molecule has 0 saturated carbocycles. The minimum Gasteiger partial charge on any atom is -0.368 e. The lowest BCUT2D eigenvalue weighted by Crippen LogP contribution is -2.39. The highest BCUT2D eigenvalue weighted by Gasteiger charge is 2.20. The van der Waals surface area contributed by atoms with Gasteiger partial charge in [0.1, 0.15) is 0 Å². The van der Waals surface area contributed by atoms with Crippen molar-refractivity contribution < 1.29 is 0 Å². The molecule has 0 radical (unpaired) electrons. The SMILES string of the molecule is Cc1cc(C)c(Nc2nc(N)nc(NC3CCN(Cc4ccccc4)CC3)n2)c(C)c1. The van der Waals surface area contributed by atoms with Gasteiger partial charge in [-0.2, -0.15) is 15.0 Å². The Hall–Kier alpha value is -3.19. The first-order chi connectivity index (χ1) is 15.0. The number of nitrogens with zero attached hydrogens (tertiary/aromatic N) is 4. The zero-order valence-electron chi connectivity index (χ0n) is 18.5. The summed E-state index contributed by atoms with van der Waals surface area (Å²) in [4.78, 5) is 15.7. The number of nitrogens with one attached hydrogen (secondary N) is 2. The third-order valence-electron chi connectivity index (χ3n) is 5.74. The highest BCUT2D eigenvalue weighted by atomic mass is 15.3. The molecule has 7 heteroatoms. The molecule has 1 fully saturated rings. The predicted octanol–water partition coefficient (Wildman–Crippen LogP) is 4.20. The Bertz CT molecular complexity index is 1000. The van der Waals surface area contributed by atoms with Gasteiger partial charge in [0.05, 0.1) is 0 Å². The fourth-order valence-corrected chi connectivity index (χ4v) is 4.26. The van der Waals surface area contributed by atoms with Crippen molar-refractivity contribution in [2.24, 2.45) is 0 Å². The monoisotopic (exact) mass is 417 g/mol. The van der Waals surface area contributed by atoms with Crippen LogP contribution in [0.3, 0.4) is 0 Å². The lowest BCUT2D eigenvalue weighted by atomic mass is 10.0. The van der Waals surface area contributed by atoms with Crippen LogP contribution >= 0.6 is 0 Å². The number of piperidine rings is 1. The van der Waals surface area contributed by atoms with Gasteiger partial charge in [-0.25, -0.2) is 0 Å². The van der Waals surface area contributed by atoms with E-state index >= 15 is 0 Å². The Balaban J connectivity index is 1.38. The molecule has 0 amide bonds. The smallest absolute Gasteiger partial charge is 0.233 e. The topological polar surface area (TPSA) is 92.0 Å². The van der Waals surface area contributed by atoms with Crippen molar-refractivity contribution in [1.82, 2.24) is 19.9 Å². The number of nitrogen functional groups attached to an aromatic ring is 1. The summed E-state index contributed by atoms with van der Waals surface area (Å²) in [6.45, 7) is 9.33. The maximum atomic E-state index is 5.98. The normalized spacial score (nSPS) is 15.1. The Morgan fingerprint density at radius 1 is 0.935 bits per heavy atom. The second kappa shape index (κ2) is 9.31. The fraction of sp³-hybridized carbons (Fsp3) is 0.375. The van der Waals surface area contributed by atoms with Crippen LogP contribution in [0.25, 0.3) is 0 Å². The van der Waals surface area contributed by atoms with E-state index in [9.17, 15) is 0 Å². The average molecular weight is 418 g/mol. The van der Waals surface area contributed by atoms with Gasteiger partial charge in [0.25, 0.3) is 0 Å². The molecule has 4 N–H and O–H groups in total. The van der Waals surface area contributed by atoms with Crippen LogP contribution in [0.5, 0.6) is 0 Å². The molecular formula is C24H31N7. The van der Waals surface area contributed by atoms with E-state index in [0.29, 0.717) is 17.9 Å². The molecule has 0 atom stereocenters. The first kappa shape index (κ1) is 21.1. The van der Waals surface area contributed by atoms with Gasteiger partial charge < -0.3 is 16.4 Å². The molecule has 1 saturated heterocycles. The predicted molar refractivity (Wildman–Crippen MR) is 127 cm³/mol. The van der Waals surface area contributed by atoms with Crippen molar-refractivity contribution in [3.63, 3.8) is 0 Å². The van der Waals surface area contributed by atoms with Crippen LogP contribution in [-0.2, 0) is 6.54 Å². The quantitative estimate of drug-likeness (QED) is 0.553. The van der Waals surface area contributed by atoms with Gasteiger partial charge >= 0.3 is 0 Å². The summed E-state index contributed by atoms with van der Waals surface area (Å²) in [6, 6.07) is 15.2. The minimum atomic E-state index is 0.212. The zero-order chi connectivity index (χ0) is 21.8. The lowest BCUT2D eigenvalue weighted by Gasteiger charge is -2.32. The summed E-state index contributed by atoms with van der Waals surface area (Å²) in [6.07, 6.45) is 2.08. The molecular weight excluding hydrogens is 386 g/mol. The largest absolute Gasteiger partial charge is 0.368 e. The van der Waals surface area contributed by atoms with Crippen LogP contribution < -0.4 is 16.4 Å². The van der Waals surface area contributed by atoms with E-state index in [-0.39, 0.29) is 5.95 Å². The van der Waals surface area contributed by atoms with Crippen molar-refractivity contribution in [1.29, 1.82) is 0 Å². The summed E-state index contributed by atoms with van der Waals surface area (Å²) >= 11 is 0. The highest BCUT2D eigenvalue weighted by Crippen LogP contribution is 2.25. The minimum absolute atomic E-state index is 0.212. The number of aromatic nitrogens is 3. The number of aryl methyl sites for hydroxylation is 3. The first-order valence-corrected chi connectivity index (χ1v) is 10.9.